The van der Waals surface area contributed by atoms with Gasteiger partial charge in [-0.25, -0.2) is 4.79 Å². The molecule has 0 atom stereocenters. The highest BCUT2D eigenvalue weighted by molar-refractivity contribution is 5.68. The minimum absolute atomic E-state index is 0.285. The number of tetrazole rings is 1. The molecule has 0 aliphatic carbocycles. The number of rotatable bonds is 3. The molecule has 1 saturated heterocycles. The molecule has 1 aliphatic heterocycles. The third-order valence-corrected chi connectivity index (χ3v) is 3.98. The lowest BCUT2D eigenvalue weighted by Gasteiger charge is -2.35. The molecule has 26 heavy (non-hydrogen) atoms. The number of carbonyl (C=O) groups excluding carboxylic acids is 1. The maximum absolute atomic E-state index is 12.2. The fourth-order valence-electron chi connectivity index (χ4n) is 2.69. The second kappa shape index (κ2) is 7.19. The summed E-state index contributed by atoms with van der Waals surface area (Å²) < 4.78 is 12.3. The maximum Gasteiger partial charge on any atom is 0.410 e. The molecule has 1 aromatic heterocycles. The van der Waals surface area contributed by atoms with Gasteiger partial charge in [-0.1, -0.05) is 5.10 Å². The topological polar surface area (TPSA) is 85.6 Å². The van der Waals surface area contributed by atoms with Crippen molar-refractivity contribution in [2.24, 2.45) is 0 Å². The van der Waals surface area contributed by atoms with Crippen LogP contribution in [-0.2, 0) is 4.74 Å². The molecule has 1 aromatic carbocycles. The quantitative estimate of drug-likeness (QED) is 0.824. The van der Waals surface area contributed by atoms with Gasteiger partial charge < -0.3 is 19.3 Å². The fourth-order valence-corrected chi connectivity index (χ4v) is 2.69. The molecule has 0 radical (unpaired) electrons. The maximum atomic E-state index is 12.2. The Kier molecular flexibility index (Phi) is 4.97. The lowest BCUT2D eigenvalue weighted by atomic mass is 10.2. The van der Waals surface area contributed by atoms with Gasteiger partial charge in [0.1, 0.15) is 11.4 Å². The molecule has 0 N–H and O–H groups in total. The number of hydrogen-bond acceptors (Lipinski definition) is 7. The van der Waals surface area contributed by atoms with Crippen molar-refractivity contribution < 1.29 is 14.3 Å². The second-order valence-electron chi connectivity index (χ2n) is 7.04. The summed E-state index contributed by atoms with van der Waals surface area (Å²) in [5.74, 6) is 1.42. The minimum atomic E-state index is -0.493. The van der Waals surface area contributed by atoms with Gasteiger partial charge in [-0.2, -0.15) is 4.68 Å². The highest BCUT2D eigenvalue weighted by Gasteiger charge is 2.28. The number of piperazine rings is 1. The predicted octanol–water partition coefficient (Wildman–Crippen LogP) is 1.73. The molecular weight excluding hydrogens is 336 g/mol. The number of aromatic nitrogens is 4. The van der Waals surface area contributed by atoms with Gasteiger partial charge in [-0.05, 0) is 55.5 Å². The molecular formula is C17H24N6O3. The first kappa shape index (κ1) is 18.0. The largest absolute Gasteiger partial charge is 0.497 e. The van der Waals surface area contributed by atoms with E-state index in [0.29, 0.717) is 32.1 Å². The Morgan fingerprint density at radius 1 is 1.08 bits per heavy atom. The van der Waals surface area contributed by atoms with Crippen LogP contribution in [0.2, 0.25) is 0 Å². The van der Waals surface area contributed by atoms with Crippen LogP contribution in [0.3, 0.4) is 0 Å². The summed E-state index contributed by atoms with van der Waals surface area (Å²) in [7, 11) is 1.63. The summed E-state index contributed by atoms with van der Waals surface area (Å²) >= 11 is 0. The Hall–Kier alpha value is -2.84. The molecule has 1 aliphatic rings. The zero-order valence-corrected chi connectivity index (χ0v) is 15.5. The van der Waals surface area contributed by atoms with Crippen molar-refractivity contribution in [1.29, 1.82) is 0 Å². The molecule has 0 saturated carbocycles. The van der Waals surface area contributed by atoms with Gasteiger partial charge in [0.05, 0.1) is 12.8 Å². The smallest absolute Gasteiger partial charge is 0.410 e. The molecule has 9 heteroatoms. The molecule has 0 bridgehead atoms. The van der Waals surface area contributed by atoms with Gasteiger partial charge in [-0.3, -0.25) is 0 Å². The van der Waals surface area contributed by atoms with Crippen LogP contribution < -0.4 is 9.64 Å². The molecule has 9 nitrogen and oxygen atoms in total. The van der Waals surface area contributed by atoms with Gasteiger partial charge in [-0.15, -0.1) is 0 Å². The zero-order chi connectivity index (χ0) is 18.7. The third kappa shape index (κ3) is 4.04. The number of ether oxygens (including phenoxy) is 2. The molecule has 140 valence electrons. The van der Waals surface area contributed by atoms with Crippen LogP contribution in [0.4, 0.5) is 10.7 Å². The van der Waals surface area contributed by atoms with E-state index in [0.717, 1.165) is 11.4 Å². The first-order valence-corrected chi connectivity index (χ1v) is 8.53. The monoisotopic (exact) mass is 360 g/mol. The lowest BCUT2D eigenvalue weighted by molar-refractivity contribution is 0.0240. The average molecular weight is 360 g/mol. The van der Waals surface area contributed by atoms with Crippen molar-refractivity contribution in [2.75, 3.05) is 38.2 Å². The van der Waals surface area contributed by atoms with Crippen molar-refractivity contribution in [3.8, 4) is 11.4 Å². The van der Waals surface area contributed by atoms with Crippen molar-refractivity contribution in [3.05, 3.63) is 24.3 Å². The van der Waals surface area contributed by atoms with E-state index < -0.39 is 5.60 Å². The Bertz CT molecular complexity index is 745. The SMILES string of the molecule is COc1ccc(-n2nnnc2N2CCN(C(=O)OC(C)(C)C)CC2)cc1. The van der Waals surface area contributed by atoms with E-state index in [2.05, 4.69) is 20.4 Å². The van der Waals surface area contributed by atoms with Gasteiger partial charge in [0.15, 0.2) is 0 Å². The van der Waals surface area contributed by atoms with E-state index in [1.54, 1.807) is 16.7 Å². The number of carbonyl (C=O) groups is 1. The number of nitrogens with zero attached hydrogens (tertiary/aromatic N) is 6. The normalized spacial score (nSPS) is 15.1. The van der Waals surface area contributed by atoms with Gasteiger partial charge in [0.2, 0.25) is 5.95 Å². The highest BCUT2D eigenvalue weighted by Crippen LogP contribution is 2.20. The van der Waals surface area contributed by atoms with Crippen LogP contribution in [0.25, 0.3) is 5.69 Å². The molecule has 1 amide bonds. The molecule has 2 aromatic rings. The fraction of sp³-hybridized carbons (Fsp3) is 0.529. The average Bonchev–Trinajstić information content (AvgIpc) is 3.10. The Labute approximate surface area is 152 Å². The number of methoxy groups -OCH3 is 1. The number of benzene rings is 1. The highest BCUT2D eigenvalue weighted by atomic mass is 16.6. The first-order valence-electron chi connectivity index (χ1n) is 8.53. The van der Waals surface area contributed by atoms with E-state index in [-0.39, 0.29) is 6.09 Å². The van der Waals surface area contributed by atoms with E-state index in [1.165, 1.54) is 0 Å². The standard InChI is InChI=1S/C17H24N6O3/c1-17(2,3)26-16(24)22-11-9-21(10-12-22)15-18-19-20-23(15)13-5-7-14(25-4)8-6-13/h5-8H,9-12H2,1-4H3. The van der Waals surface area contributed by atoms with E-state index in [4.69, 9.17) is 9.47 Å². The van der Waals surface area contributed by atoms with Crippen LogP contribution in [0.1, 0.15) is 20.8 Å². The minimum Gasteiger partial charge on any atom is -0.497 e. The first-order chi connectivity index (χ1) is 12.4. The Balaban J connectivity index is 1.67. The van der Waals surface area contributed by atoms with Gasteiger partial charge in [0.25, 0.3) is 0 Å². The van der Waals surface area contributed by atoms with Crippen LogP contribution in [-0.4, -0.2) is 70.1 Å². The van der Waals surface area contributed by atoms with Crippen molar-refractivity contribution in [3.63, 3.8) is 0 Å². The second-order valence-corrected chi connectivity index (χ2v) is 7.04. The summed E-state index contributed by atoms with van der Waals surface area (Å²) in [6.45, 7) is 7.98. The summed E-state index contributed by atoms with van der Waals surface area (Å²) in [5, 5.41) is 12.0. The molecule has 0 unspecified atom stereocenters. The summed E-state index contributed by atoms with van der Waals surface area (Å²) in [6, 6.07) is 7.52. The Morgan fingerprint density at radius 3 is 2.31 bits per heavy atom. The van der Waals surface area contributed by atoms with Crippen LogP contribution >= 0.6 is 0 Å². The lowest BCUT2D eigenvalue weighted by Crippen LogP contribution is -2.50. The molecule has 2 heterocycles. The summed E-state index contributed by atoms with van der Waals surface area (Å²) in [5.41, 5.74) is 0.354. The van der Waals surface area contributed by atoms with E-state index in [9.17, 15) is 4.79 Å². The predicted molar refractivity (Wildman–Crippen MR) is 95.7 cm³/mol. The number of amides is 1. The van der Waals surface area contributed by atoms with Crippen LogP contribution in [0, 0.1) is 0 Å². The van der Waals surface area contributed by atoms with Crippen molar-refractivity contribution in [1.82, 2.24) is 25.1 Å². The van der Waals surface area contributed by atoms with Crippen LogP contribution in [0.5, 0.6) is 5.75 Å². The molecule has 3 rings (SSSR count). The summed E-state index contributed by atoms with van der Waals surface area (Å²) in [4.78, 5) is 16.0. The molecule has 0 spiro atoms. The number of hydrogen-bond donors (Lipinski definition) is 0. The summed E-state index contributed by atoms with van der Waals surface area (Å²) in [6.07, 6.45) is -0.285. The van der Waals surface area contributed by atoms with E-state index in [1.807, 2.05) is 45.0 Å². The van der Waals surface area contributed by atoms with Crippen molar-refractivity contribution in [2.45, 2.75) is 26.4 Å². The van der Waals surface area contributed by atoms with E-state index >= 15 is 0 Å². The zero-order valence-electron chi connectivity index (χ0n) is 15.5. The van der Waals surface area contributed by atoms with Gasteiger partial charge in [0, 0.05) is 26.2 Å². The Morgan fingerprint density at radius 2 is 1.73 bits per heavy atom. The molecule has 1 fully saturated rings. The number of anilines is 1. The van der Waals surface area contributed by atoms with Crippen LogP contribution in [0.15, 0.2) is 24.3 Å². The van der Waals surface area contributed by atoms with Crippen molar-refractivity contribution >= 4 is 12.0 Å². The van der Waals surface area contributed by atoms with Gasteiger partial charge >= 0.3 is 6.09 Å². The third-order valence-electron chi connectivity index (χ3n) is 3.98.